The van der Waals surface area contributed by atoms with Gasteiger partial charge in [-0.2, -0.15) is 0 Å². The molecule has 162 valence electrons. The molecule has 8 heteroatoms. The second kappa shape index (κ2) is 11.6. The minimum atomic E-state index is -0.702. The van der Waals surface area contributed by atoms with Crippen LogP contribution in [0.4, 0.5) is 0 Å². The van der Waals surface area contributed by atoms with Crippen LogP contribution in [0.2, 0.25) is 10.0 Å². The van der Waals surface area contributed by atoms with Gasteiger partial charge in [-0.25, -0.2) is 0 Å². The first-order valence-electron chi connectivity index (χ1n) is 9.63. The summed E-state index contributed by atoms with van der Waals surface area (Å²) in [5.74, 6) is 0.00917. The number of nitrogens with one attached hydrogen (secondary N) is 1. The number of hydrogen-bond acceptors (Lipinski definition) is 3. The van der Waals surface area contributed by atoms with Crippen molar-refractivity contribution < 1.29 is 14.3 Å². The SMILES string of the molecule is CC[C@H](C)NC(=O)[C@H](C)N(Cc1ccc(Cl)cc1Cl)C(=O)COc1ccc(Br)cc1. The predicted octanol–water partition coefficient (Wildman–Crippen LogP) is 5.47. The van der Waals surface area contributed by atoms with E-state index in [9.17, 15) is 9.59 Å². The molecule has 2 atom stereocenters. The first-order valence-corrected chi connectivity index (χ1v) is 11.2. The lowest BCUT2D eigenvalue weighted by molar-refractivity contribution is -0.142. The average Bonchev–Trinajstić information content (AvgIpc) is 2.72. The minimum absolute atomic E-state index is 0.00929. The first kappa shape index (κ1) is 24.5. The Morgan fingerprint density at radius 1 is 1.13 bits per heavy atom. The maximum absolute atomic E-state index is 13.0. The van der Waals surface area contributed by atoms with E-state index in [1.165, 1.54) is 4.90 Å². The zero-order chi connectivity index (χ0) is 22.3. The monoisotopic (exact) mass is 514 g/mol. The van der Waals surface area contributed by atoms with Crippen LogP contribution in [0.15, 0.2) is 46.9 Å². The number of hydrogen-bond donors (Lipinski definition) is 1. The lowest BCUT2D eigenvalue weighted by Crippen LogP contribution is -2.50. The predicted molar refractivity (Wildman–Crippen MR) is 124 cm³/mol. The number of carbonyl (C=O) groups excluding carboxylic acids is 2. The van der Waals surface area contributed by atoms with Gasteiger partial charge in [-0.15, -0.1) is 0 Å². The van der Waals surface area contributed by atoms with Crippen LogP contribution in [0.5, 0.6) is 5.75 Å². The summed E-state index contributed by atoms with van der Waals surface area (Å²) >= 11 is 15.6. The van der Waals surface area contributed by atoms with Crippen molar-refractivity contribution in [3.05, 3.63) is 62.5 Å². The second-order valence-corrected chi connectivity index (χ2v) is 8.75. The van der Waals surface area contributed by atoms with Crippen molar-refractivity contribution in [3.8, 4) is 5.75 Å². The fraction of sp³-hybridized carbons (Fsp3) is 0.364. The van der Waals surface area contributed by atoms with E-state index in [0.717, 1.165) is 10.9 Å². The molecule has 0 aromatic heterocycles. The highest BCUT2D eigenvalue weighted by Gasteiger charge is 2.27. The number of halogens is 3. The Morgan fingerprint density at radius 3 is 2.40 bits per heavy atom. The smallest absolute Gasteiger partial charge is 0.261 e. The standard InChI is InChI=1S/C22H25BrCl2N2O3/c1-4-14(2)26-22(29)15(3)27(12-16-5-8-18(24)11-20(16)25)21(28)13-30-19-9-6-17(23)7-10-19/h5-11,14-15H,4,12-13H2,1-3H3,(H,26,29)/t14-,15-/m0/s1. The van der Waals surface area contributed by atoms with Crippen molar-refractivity contribution in [1.82, 2.24) is 10.2 Å². The summed E-state index contributed by atoms with van der Waals surface area (Å²) in [7, 11) is 0. The maximum atomic E-state index is 13.0. The van der Waals surface area contributed by atoms with Gasteiger partial charge in [0.25, 0.3) is 5.91 Å². The molecule has 5 nitrogen and oxygen atoms in total. The average molecular weight is 516 g/mol. The van der Waals surface area contributed by atoms with Crippen molar-refractivity contribution in [2.24, 2.45) is 0 Å². The molecule has 0 spiro atoms. The summed E-state index contributed by atoms with van der Waals surface area (Å²) < 4.78 is 6.54. The molecular formula is C22H25BrCl2N2O3. The van der Waals surface area contributed by atoms with E-state index in [1.807, 2.05) is 26.0 Å². The van der Waals surface area contributed by atoms with Crippen LogP contribution in [-0.2, 0) is 16.1 Å². The van der Waals surface area contributed by atoms with Crippen LogP contribution in [0.1, 0.15) is 32.8 Å². The molecule has 0 aliphatic rings. The number of amides is 2. The van der Waals surface area contributed by atoms with Gasteiger partial charge >= 0.3 is 0 Å². The van der Waals surface area contributed by atoms with Crippen LogP contribution in [0.3, 0.4) is 0 Å². The van der Waals surface area contributed by atoms with Crippen LogP contribution < -0.4 is 10.1 Å². The Balaban J connectivity index is 2.18. The van der Waals surface area contributed by atoms with Gasteiger partial charge in [-0.3, -0.25) is 9.59 Å². The van der Waals surface area contributed by atoms with Gasteiger partial charge in [0.1, 0.15) is 11.8 Å². The molecule has 2 aromatic carbocycles. The highest BCUT2D eigenvalue weighted by molar-refractivity contribution is 9.10. The van der Waals surface area contributed by atoms with Gasteiger partial charge in [0.05, 0.1) is 0 Å². The van der Waals surface area contributed by atoms with Crippen LogP contribution in [0.25, 0.3) is 0 Å². The highest BCUT2D eigenvalue weighted by atomic mass is 79.9. The summed E-state index contributed by atoms with van der Waals surface area (Å²) in [5.41, 5.74) is 0.696. The van der Waals surface area contributed by atoms with Gasteiger partial charge in [0.15, 0.2) is 6.61 Å². The van der Waals surface area contributed by atoms with Crippen molar-refractivity contribution in [2.75, 3.05) is 6.61 Å². The lowest BCUT2D eigenvalue weighted by Gasteiger charge is -2.30. The molecule has 0 aliphatic heterocycles. The molecule has 0 unspecified atom stereocenters. The van der Waals surface area contributed by atoms with E-state index in [-0.39, 0.29) is 31.0 Å². The van der Waals surface area contributed by atoms with Crippen molar-refractivity contribution in [3.63, 3.8) is 0 Å². The summed E-state index contributed by atoms with van der Waals surface area (Å²) in [6.45, 7) is 5.56. The van der Waals surface area contributed by atoms with E-state index in [1.54, 1.807) is 37.3 Å². The van der Waals surface area contributed by atoms with Gasteiger partial charge in [-0.05, 0) is 62.2 Å². The van der Waals surface area contributed by atoms with Gasteiger partial charge < -0.3 is 15.0 Å². The van der Waals surface area contributed by atoms with Crippen LogP contribution >= 0.6 is 39.1 Å². The molecule has 0 bridgehead atoms. The van der Waals surface area contributed by atoms with E-state index in [2.05, 4.69) is 21.2 Å². The van der Waals surface area contributed by atoms with Crippen molar-refractivity contribution >= 4 is 50.9 Å². The third-order valence-electron chi connectivity index (χ3n) is 4.70. The zero-order valence-electron chi connectivity index (χ0n) is 17.1. The quantitative estimate of drug-likeness (QED) is 0.482. The Labute approximate surface area is 195 Å². The molecule has 0 heterocycles. The molecule has 0 saturated carbocycles. The van der Waals surface area contributed by atoms with Gasteiger partial charge in [0, 0.05) is 27.1 Å². The summed E-state index contributed by atoms with van der Waals surface area (Å²) in [5, 5.41) is 3.86. The topological polar surface area (TPSA) is 58.6 Å². The number of benzene rings is 2. The molecule has 30 heavy (non-hydrogen) atoms. The molecule has 1 N–H and O–H groups in total. The Bertz CT molecular complexity index is 877. The number of nitrogens with zero attached hydrogens (tertiary/aromatic N) is 1. The Kier molecular flexibility index (Phi) is 9.46. The fourth-order valence-corrected chi connectivity index (χ4v) is 3.37. The van der Waals surface area contributed by atoms with Gasteiger partial charge in [-0.1, -0.05) is 52.1 Å². The third-order valence-corrected chi connectivity index (χ3v) is 5.82. The molecule has 0 saturated heterocycles. The van der Waals surface area contributed by atoms with E-state index in [0.29, 0.717) is 21.4 Å². The fourth-order valence-electron chi connectivity index (χ4n) is 2.64. The number of rotatable bonds is 9. The summed E-state index contributed by atoms with van der Waals surface area (Å²) in [6.07, 6.45) is 0.794. The molecule has 0 fully saturated rings. The Morgan fingerprint density at radius 2 is 1.80 bits per heavy atom. The summed E-state index contributed by atoms with van der Waals surface area (Å²) in [4.78, 5) is 27.2. The van der Waals surface area contributed by atoms with Crippen LogP contribution in [-0.4, -0.2) is 35.4 Å². The van der Waals surface area contributed by atoms with E-state index < -0.39 is 6.04 Å². The number of ether oxygens (including phenoxy) is 1. The molecule has 2 aromatic rings. The van der Waals surface area contributed by atoms with Crippen molar-refractivity contribution in [2.45, 2.75) is 45.8 Å². The zero-order valence-corrected chi connectivity index (χ0v) is 20.2. The van der Waals surface area contributed by atoms with Gasteiger partial charge in [0.2, 0.25) is 5.91 Å². The normalized spacial score (nSPS) is 12.7. The molecule has 0 radical (unpaired) electrons. The summed E-state index contributed by atoms with van der Waals surface area (Å²) in [6, 6.07) is 11.5. The van der Waals surface area contributed by atoms with Crippen LogP contribution in [0, 0.1) is 0 Å². The molecule has 2 rings (SSSR count). The van der Waals surface area contributed by atoms with E-state index in [4.69, 9.17) is 27.9 Å². The second-order valence-electron chi connectivity index (χ2n) is 6.99. The minimum Gasteiger partial charge on any atom is -0.484 e. The largest absolute Gasteiger partial charge is 0.484 e. The lowest BCUT2D eigenvalue weighted by atomic mass is 10.1. The van der Waals surface area contributed by atoms with E-state index >= 15 is 0 Å². The Hall–Kier alpha value is -1.76. The maximum Gasteiger partial charge on any atom is 0.261 e. The molecule has 0 aliphatic carbocycles. The molecule has 2 amide bonds. The van der Waals surface area contributed by atoms with Crippen molar-refractivity contribution in [1.29, 1.82) is 0 Å². The first-order chi connectivity index (χ1) is 14.2. The third kappa shape index (κ3) is 7.18. The highest BCUT2D eigenvalue weighted by Crippen LogP contribution is 2.23. The molecular weight excluding hydrogens is 491 g/mol. The number of carbonyl (C=O) groups is 2.